The van der Waals surface area contributed by atoms with Crippen molar-refractivity contribution in [2.45, 2.75) is 167 Å². The van der Waals surface area contributed by atoms with Gasteiger partial charge >= 0.3 is 0 Å². The lowest BCUT2D eigenvalue weighted by atomic mass is 9.59. The summed E-state index contributed by atoms with van der Waals surface area (Å²) in [6, 6.07) is 0. The van der Waals surface area contributed by atoms with Crippen molar-refractivity contribution in [2.24, 2.45) is 51.2 Å². The van der Waals surface area contributed by atoms with Crippen LogP contribution in [0, 0.1) is 51.2 Å². The summed E-state index contributed by atoms with van der Waals surface area (Å²) in [6.07, 6.45) is 49.1. The highest BCUT2D eigenvalue weighted by molar-refractivity contribution is 5.67. The normalized spacial score (nSPS) is 29.7. The summed E-state index contributed by atoms with van der Waals surface area (Å²) < 4.78 is 0. The van der Waals surface area contributed by atoms with E-state index in [4.69, 9.17) is 0 Å². The maximum Gasteiger partial charge on any atom is 0.0136 e. The molecule has 0 amide bonds. The minimum atomic E-state index is 0.106. The molecule has 0 saturated heterocycles. The molecule has 0 N–H and O–H groups in total. The van der Waals surface area contributed by atoms with E-state index in [1.165, 1.54) is 50.5 Å². The topological polar surface area (TPSA) is 0 Å². The van der Waals surface area contributed by atoms with Crippen LogP contribution in [0.15, 0.2) is 174 Å². The molecule has 0 aromatic rings. The van der Waals surface area contributed by atoms with Crippen LogP contribution in [0.5, 0.6) is 0 Å². The van der Waals surface area contributed by atoms with Crippen LogP contribution in [0.2, 0.25) is 0 Å². The summed E-state index contributed by atoms with van der Waals surface area (Å²) >= 11 is 0. The minimum Gasteiger partial charge on any atom is -0.0842 e. The van der Waals surface area contributed by atoms with Gasteiger partial charge in [-0.15, -0.1) is 0 Å². The SMILES string of the molecule is CC(C)(C)C1=CC2=C(C3CC4=C(CC(C5=C6C=C(C(C)(C)C)CCC6CC(C(C)(C)C)=C5)C5=C4CCC=C5)C4=C3C=C(C3=CC=C5C=CCCC5C3)CC4)C=C(C(C)(C)C)CC2C=C1. The van der Waals surface area contributed by atoms with Gasteiger partial charge < -0.3 is 0 Å². The Morgan fingerprint density at radius 2 is 1.05 bits per heavy atom. The van der Waals surface area contributed by atoms with Crippen LogP contribution in [0.3, 0.4) is 0 Å². The summed E-state index contributed by atoms with van der Waals surface area (Å²) in [4.78, 5) is 0. The predicted octanol–water partition coefficient (Wildman–Crippen LogP) is 18.1. The van der Waals surface area contributed by atoms with Crippen LogP contribution in [0.1, 0.15) is 167 Å². The Labute approximate surface area is 389 Å². The van der Waals surface area contributed by atoms with Crippen molar-refractivity contribution < 1.29 is 0 Å². The molecule has 0 bridgehead atoms. The standard InChI is InChI=1S/C64H80/c1-61(2,3)45-26-23-43-30-47(63(7,8)9)35-55(52(43)33-45)57-37-59-51-28-25-42(41-22-21-39-17-13-14-18-40(39)29-41)32-54(51)60(38-58(59)50-20-16-15-19-49(50)57)56-36-48(64(10,11)12)31-44-24-27-46(34-53(44)56)62(4,5)6/h13,15,17,19,21-22,24,27,32-36,40,43-44,57,60H,14,16,18,20,23,25-26,28-31,37-38H2,1-12H3. The highest BCUT2D eigenvalue weighted by atomic mass is 14.5. The molecule has 5 atom stereocenters. The van der Waals surface area contributed by atoms with Crippen LogP contribution < -0.4 is 0 Å². The highest BCUT2D eigenvalue weighted by Crippen LogP contribution is 2.59. The molecule has 10 aliphatic carbocycles. The lowest BCUT2D eigenvalue weighted by Crippen LogP contribution is -2.30. The molecule has 0 fully saturated rings. The third kappa shape index (κ3) is 7.98. The van der Waals surface area contributed by atoms with Gasteiger partial charge in [-0.1, -0.05) is 179 Å². The molecular weight excluding hydrogens is 769 g/mol. The van der Waals surface area contributed by atoms with Gasteiger partial charge in [0, 0.05) is 17.8 Å². The molecule has 0 nitrogen and oxygen atoms in total. The van der Waals surface area contributed by atoms with Crippen LogP contribution in [0.25, 0.3) is 0 Å². The maximum atomic E-state index is 2.79. The van der Waals surface area contributed by atoms with Crippen molar-refractivity contribution in [3.63, 3.8) is 0 Å². The maximum absolute atomic E-state index is 2.79. The lowest BCUT2D eigenvalue weighted by molar-refractivity contribution is 0.400. The largest absolute Gasteiger partial charge is 0.0842 e. The van der Waals surface area contributed by atoms with Gasteiger partial charge in [-0.3, -0.25) is 0 Å². The first-order valence-corrected chi connectivity index (χ1v) is 25.9. The second kappa shape index (κ2) is 15.9. The third-order valence-electron chi connectivity index (χ3n) is 17.5. The zero-order chi connectivity index (χ0) is 45.1. The molecule has 0 aromatic heterocycles. The van der Waals surface area contributed by atoms with E-state index in [1.54, 1.807) is 89.2 Å². The number of hydrogen-bond donors (Lipinski definition) is 0. The van der Waals surface area contributed by atoms with Crippen molar-refractivity contribution >= 4 is 0 Å². The average Bonchev–Trinajstić information content (AvgIpc) is 3.25. The van der Waals surface area contributed by atoms with Gasteiger partial charge in [0.25, 0.3) is 0 Å². The van der Waals surface area contributed by atoms with E-state index in [-0.39, 0.29) is 21.7 Å². The summed E-state index contributed by atoms with van der Waals surface area (Å²) in [5, 5.41) is 0. The molecule has 0 radical (unpaired) electrons. The fraction of sp³-hybridized carbons (Fsp3) is 0.531. The molecule has 64 heavy (non-hydrogen) atoms. The van der Waals surface area contributed by atoms with Crippen LogP contribution in [0.4, 0.5) is 0 Å². The Hall–Kier alpha value is -3.90. The number of allylic oxidation sites excluding steroid dienone is 30. The second-order valence-electron chi connectivity index (χ2n) is 25.7. The van der Waals surface area contributed by atoms with Gasteiger partial charge in [0.1, 0.15) is 0 Å². The van der Waals surface area contributed by atoms with E-state index in [1.807, 2.05) is 0 Å². The molecule has 0 aliphatic heterocycles. The van der Waals surface area contributed by atoms with E-state index < -0.39 is 0 Å². The van der Waals surface area contributed by atoms with Gasteiger partial charge in [-0.2, -0.15) is 0 Å². The fourth-order valence-corrected chi connectivity index (χ4v) is 13.4. The van der Waals surface area contributed by atoms with Crippen molar-refractivity contribution in [3.05, 3.63) is 174 Å². The summed E-state index contributed by atoms with van der Waals surface area (Å²) in [5.41, 5.74) is 28.6. The van der Waals surface area contributed by atoms with Gasteiger partial charge in [0.05, 0.1) is 0 Å². The van der Waals surface area contributed by atoms with Crippen molar-refractivity contribution in [3.8, 4) is 0 Å². The first-order valence-electron chi connectivity index (χ1n) is 25.9. The van der Waals surface area contributed by atoms with Gasteiger partial charge in [-0.05, 0) is 195 Å². The Kier molecular flexibility index (Phi) is 10.9. The molecule has 0 spiro atoms. The molecule has 10 aliphatic rings. The summed E-state index contributed by atoms with van der Waals surface area (Å²) in [7, 11) is 0. The highest BCUT2D eigenvalue weighted by Gasteiger charge is 2.43. The van der Waals surface area contributed by atoms with Gasteiger partial charge in [0.15, 0.2) is 0 Å². The van der Waals surface area contributed by atoms with E-state index in [0.717, 1.165) is 38.5 Å². The number of hydrogen-bond acceptors (Lipinski definition) is 0. The molecule has 5 unspecified atom stereocenters. The minimum absolute atomic E-state index is 0.106. The Balaban J connectivity index is 1.18. The quantitative estimate of drug-likeness (QED) is 0.265. The van der Waals surface area contributed by atoms with Crippen LogP contribution in [-0.2, 0) is 0 Å². The van der Waals surface area contributed by atoms with E-state index in [2.05, 4.69) is 162 Å². The van der Waals surface area contributed by atoms with Gasteiger partial charge in [-0.25, -0.2) is 0 Å². The molecule has 0 aromatic carbocycles. The Morgan fingerprint density at radius 3 is 1.75 bits per heavy atom. The van der Waals surface area contributed by atoms with Crippen molar-refractivity contribution in [1.29, 1.82) is 0 Å². The lowest BCUT2D eigenvalue weighted by Gasteiger charge is -2.45. The van der Waals surface area contributed by atoms with Crippen molar-refractivity contribution in [2.75, 3.05) is 0 Å². The summed E-state index contributed by atoms with van der Waals surface area (Å²) in [6.45, 7) is 29.3. The monoisotopic (exact) mass is 849 g/mol. The molecule has 10 rings (SSSR count). The van der Waals surface area contributed by atoms with Crippen LogP contribution >= 0.6 is 0 Å². The van der Waals surface area contributed by atoms with Gasteiger partial charge in [0.2, 0.25) is 0 Å². The molecule has 0 heteroatoms. The number of rotatable bonds is 3. The predicted molar refractivity (Wildman–Crippen MR) is 274 cm³/mol. The first-order chi connectivity index (χ1) is 30.2. The Morgan fingerprint density at radius 1 is 0.406 bits per heavy atom. The average molecular weight is 849 g/mol. The first kappa shape index (κ1) is 44.0. The Bertz CT molecular complexity index is 2530. The van der Waals surface area contributed by atoms with E-state index in [9.17, 15) is 0 Å². The van der Waals surface area contributed by atoms with E-state index >= 15 is 0 Å². The fourth-order valence-electron chi connectivity index (χ4n) is 13.4. The number of fused-ring (bicyclic) bond motifs is 5. The smallest absolute Gasteiger partial charge is 0.0136 e. The second-order valence-corrected chi connectivity index (χ2v) is 25.7. The molecule has 0 heterocycles. The van der Waals surface area contributed by atoms with Crippen molar-refractivity contribution in [1.82, 2.24) is 0 Å². The van der Waals surface area contributed by atoms with Crippen LogP contribution in [-0.4, -0.2) is 0 Å². The molecule has 0 saturated carbocycles. The third-order valence-corrected chi connectivity index (χ3v) is 17.5. The zero-order valence-electron chi connectivity index (χ0n) is 42.1. The molecular formula is C64H80. The van der Waals surface area contributed by atoms with E-state index in [0.29, 0.717) is 29.6 Å². The molecule has 336 valence electrons. The zero-order valence-corrected chi connectivity index (χ0v) is 42.1. The summed E-state index contributed by atoms with van der Waals surface area (Å²) in [5.74, 6) is 2.51.